The smallest absolute Gasteiger partial charge is 0.102 e. The molecular formula is C11H14FNO. The molecule has 1 aliphatic carbocycles. The quantitative estimate of drug-likeness (QED) is 0.704. The summed E-state index contributed by atoms with van der Waals surface area (Å²) in [5.41, 5.74) is 6.89. The van der Waals surface area contributed by atoms with Gasteiger partial charge >= 0.3 is 0 Å². The van der Waals surface area contributed by atoms with E-state index in [1.54, 1.807) is 12.1 Å². The minimum Gasteiger partial charge on any atom is -0.399 e. The minimum atomic E-state index is -0.764. The summed E-state index contributed by atoms with van der Waals surface area (Å²) in [6.45, 7) is 0.0112. The van der Waals surface area contributed by atoms with Crippen molar-refractivity contribution in [3.05, 3.63) is 29.8 Å². The second kappa shape index (κ2) is 3.24. The standard InChI is InChI=1S/C11H14FNO/c12-9-5-11(6-9,7-14)8-1-3-10(13)4-2-8/h1-4,9,14H,5-7,13H2. The zero-order valence-corrected chi connectivity index (χ0v) is 7.91. The molecule has 1 fully saturated rings. The molecule has 2 rings (SSSR count). The number of halogens is 1. The molecule has 0 aromatic heterocycles. The molecule has 0 aliphatic heterocycles. The summed E-state index contributed by atoms with van der Waals surface area (Å²) in [6.07, 6.45) is 0.0839. The third-order valence-electron chi connectivity index (χ3n) is 3.05. The molecule has 0 heterocycles. The number of anilines is 1. The van der Waals surface area contributed by atoms with E-state index in [0.29, 0.717) is 18.5 Å². The molecule has 1 aliphatic rings. The van der Waals surface area contributed by atoms with Crippen LogP contribution in [-0.2, 0) is 5.41 Å². The van der Waals surface area contributed by atoms with Crippen molar-refractivity contribution in [2.75, 3.05) is 12.3 Å². The summed E-state index contributed by atoms with van der Waals surface area (Å²) in [5.74, 6) is 0. The predicted octanol–water partition coefficient (Wildman–Crippen LogP) is 1.63. The van der Waals surface area contributed by atoms with Crippen LogP contribution in [-0.4, -0.2) is 17.9 Å². The van der Waals surface area contributed by atoms with Gasteiger partial charge in [0, 0.05) is 11.1 Å². The lowest BCUT2D eigenvalue weighted by Gasteiger charge is -2.43. The van der Waals surface area contributed by atoms with Crippen molar-refractivity contribution in [2.24, 2.45) is 0 Å². The van der Waals surface area contributed by atoms with Gasteiger partial charge in [0.25, 0.3) is 0 Å². The molecule has 2 nitrogen and oxygen atoms in total. The number of hydrogen-bond acceptors (Lipinski definition) is 2. The van der Waals surface area contributed by atoms with Gasteiger partial charge in [-0.3, -0.25) is 0 Å². The van der Waals surface area contributed by atoms with E-state index in [2.05, 4.69) is 0 Å². The van der Waals surface area contributed by atoms with E-state index in [1.807, 2.05) is 12.1 Å². The van der Waals surface area contributed by atoms with Gasteiger partial charge in [-0.25, -0.2) is 4.39 Å². The topological polar surface area (TPSA) is 46.2 Å². The first-order chi connectivity index (χ1) is 6.66. The fourth-order valence-electron chi connectivity index (χ4n) is 2.08. The van der Waals surface area contributed by atoms with Crippen LogP contribution in [0.4, 0.5) is 10.1 Å². The summed E-state index contributed by atoms with van der Waals surface area (Å²) in [4.78, 5) is 0. The van der Waals surface area contributed by atoms with Gasteiger partial charge < -0.3 is 10.8 Å². The Hall–Kier alpha value is -1.09. The molecule has 0 spiro atoms. The summed E-state index contributed by atoms with van der Waals surface area (Å²) < 4.78 is 12.8. The largest absolute Gasteiger partial charge is 0.399 e. The number of benzene rings is 1. The van der Waals surface area contributed by atoms with Crippen LogP contribution in [0.3, 0.4) is 0 Å². The number of nitrogens with two attached hydrogens (primary N) is 1. The second-order valence-corrected chi connectivity index (χ2v) is 4.07. The van der Waals surface area contributed by atoms with E-state index in [1.165, 1.54) is 0 Å². The highest BCUT2D eigenvalue weighted by atomic mass is 19.1. The molecule has 1 saturated carbocycles. The van der Waals surface area contributed by atoms with E-state index in [4.69, 9.17) is 5.73 Å². The lowest BCUT2D eigenvalue weighted by Crippen LogP contribution is -2.45. The summed E-state index contributed by atoms with van der Waals surface area (Å²) in [7, 11) is 0. The minimum absolute atomic E-state index is 0.0112. The number of rotatable bonds is 2. The fourth-order valence-corrected chi connectivity index (χ4v) is 2.08. The van der Waals surface area contributed by atoms with Crippen LogP contribution in [0.15, 0.2) is 24.3 Å². The zero-order chi connectivity index (χ0) is 10.2. The first-order valence-electron chi connectivity index (χ1n) is 4.77. The molecule has 0 atom stereocenters. The van der Waals surface area contributed by atoms with E-state index >= 15 is 0 Å². The Labute approximate surface area is 82.5 Å². The number of aliphatic hydroxyl groups is 1. The second-order valence-electron chi connectivity index (χ2n) is 4.07. The number of aliphatic hydroxyl groups excluding tert-OH is 1. The third kappa shape index (κ3) is 1.38. The molecule has 1 aromatic rings. The molecule has 0 amide bonds. The van der Waals surface area contributed by atoms with Gasteiger partial charge in [0.15, 0.2) is 0 Å². The van der Waals surface area contributed by atoms with Crippen LogP contribution in [0.1, 0.15) is 18.4 Å². The van der Waals surface area contributed by atoms with Gasteiger partial charge in [-0.15, -0.1) is 0 Å². The van der Waals surface area contributed by atoms with Gasteiger partial charge in [0.1, 0.15) is 6.17 Å². The Bertz CT molecular complexity index is 317. The molecule has 0 bridgehead atoms. The maximum Gasteiger partial charge on any atom is 0.102 e. The number of alkyl halides is 1. The van der Waals surface area contributed by atoms with E-state index in [9.17, 15) is 9.50 Å². The van der Waals surface area contributed by atoms with Crippen molar-refractivity contribution in [2.45, 2.75) is 24.4 Å². The lowest BCUT2D eigenvalue weighted by atomic mass is 9.64. The number of hydrogen-bond donors (Lipinski definition) is 2. The Morgan fingerprint density at radius 1 is 1.36 bits per heavy atom. The maximum absolute atomic E-state index is 12.8. The number of nitrogen functional groups attached to an aromatic ring is 1. The average Bonchev–Trinajstić information content (AvgIpc) is 2.14. The van der Waals surface area contributed by atoms with Gasteiger partial charge in [-0.1, -0.05) is 12.1 Å². The average molecular weight is 195 g/mol. The van der Waals surface area contributed by atoms with E-state index in [-0.39, 0.29) is 12.0 Å². The zero-order valence-electron chi connectivity index (χ0n) is 7.91. The van der Waals surface area contributed by atoms with Crippen molar-refractivity contribution in [1.29, 1.82) is 0 Å². The van der Waals surface area contributed by atoms with Crippen LogP contribution in [0.5, 0.6) is 0 Å². The van der Waals surface area contributed by atoms with Crippen molar-refractivity contribution < 1.29 is 9.50 Å². The molecule has 3 heteroatoms. The normalized spacial score (nSPS) is 31.1. The van der Waals surface area contributed by atoms with Crippen LogP contribution in [0.2, 0.25) is 0 Å². The highest BCUT2D eigenvalue weighted by Gasteiger charge is 2.45. The van der Waals surface area contributed by atoms with Gasteiger partial charge in [0.2, 0.25) is 0 Å². The molecule has 1 aromatic carbocycles. The molecular weight excluding hydrogens is 181 g/mol. The van der Waals surface area contributed by atoms with E-state index < -0.39 is 6.17 Å². The van der Waals surface area contributed by atoms with Gasteiger partial charge in [-0.05, 0) is 30.5 Å². The summed E-state index contributed by atoms with van der Waals surface area (Å²) >= 11 is 0. The third-order valence-corrected chi connectivity index (χ3v) is 3.05. The monoisotopic (exact) mass is 195 g/mol. The van der Waals surface area contributed by atoms with Crippen LogP contribution in [0.25, 0.3) is 0 Å². The summed E-state index contributed by atoms with van der Waals surface area (Å²) in [5, 5.41) is 9.28. The molecule has 76 valence electrons. The van der Waals surface area contributed by atoms with Gasteiger partial charge in [-0.2, -0.15) is 0 Å². The molecule has 14 heavy (non-hydrogen) atoms. The Balaban J connectivity index is 2.25. The van der Waals surface area contributed by atoms with Crippen molar-refractivity contribution in [3.63, 3.8) is 0 Å². The molecule has 0 radical (unpaired) electrons. The molecule has 3 N–H and O–H groups in total. The van der Waals surface area contributed by atoms with Crippen LogP contribution in [0, 0.1) is 0 Å². The van der Waals surface area contributed by atoms with Crippen molar-refractivity contribution in [3.8, 4) is 0 Å². The van der Waals surface area contributed by atoms with Crippen LogP contribution >= 0.6 is 0 Å². The first-order valence-corrected chi connectivity index (χ1v) is 4.77. The van der Waals surface area contributed by atoms with Crippen LogP contribution < -0.4 is 5.73 Å². The predicted molar refractivity (Wildman–Crippen MR) is 53.7 cm³/mol. The maximum atomic E-state index is 12.8. The Morgan fingerprint density at radius 2 is 1.93 bits per heavy atom. The van der Waals surface area contributed by atoms with Crippen molar-refractivity contribution in [1.82, 2.24) is 0 Å². The molecule has 0 unspecified atom stereocenters. The molecule has 0 saturated heterocycles. The van der Waals surface area contributed by atoms with Crippen molar-refractivity contribution >= 4 is 5.69 Å². The summed E-state index contributed by atoms with van der Waals surface area (Å²) in [6, 6.07) is 7.32. The van der Waals surface area contributed by atoms with E-state index in [0.717, 1.165) is 5.56 Å². The van der Waals surface area contributed by atoms with Gasteiger partial charge in [0.05, 0.1) is 6.61 Å². The fraction of sp³-hybridized carbons (Fsp3) is 0.455. The highest BCUT2D eigenvalue weighted by molar-refractivity contribution is 5.42. The lowest BCUT2D eigenvalue weighted by molar-refractivity contribution is 0.0410. The first kappa shape index (κ1) is 9.46. The SMILES string of the molecule is Nc1ccc(C2(CO)CC(F)C2)cc1. The Kier molecular flexibility index (Phi) is 2.19. The Morgan fingerprint density at radius 3 is 2.36 bits per heavy atom. The highest BCUT2D eigenvalue weighted by Crippen LogP contribution is 2.45.